The van der Waals surface area contributed by atoms with E-state index in [4.69, 9.17) is 9.88 Å². The molecule has 6 nitrogen and oxygen atoms in total. The molecule has 1 fully saturated rings. The lowest BCUT2D eigenvalue weighted by Crippen LogP contribution is -2.45. The van der Waals surface area contributed by atoms with Gasteiger partial charge in [0.15, 0.2) is 0 Å². The van der Waals surface area contributed by atoms with E-state index < -0.39 is 5.60 Å². The highest BCUT2D eigenvalue weighted by molar-refractivity contribution is 7.97. The summed E-state index contributed by atoms with van der Waals surface area (Å²) >= 11 is 1.18. The van der Waals surface area contributed by atoms with Crippen molar-refractivity contribution in [2.75, 3.05) is 6.54 Å². The first kappa shape index (κ1) is 20.1. The van der Waals surface area contributed by atoms with E-state index in [1.807, 2.05) is 36.4 Å². The molecule has 7 heteroatoms. The molecule has 0 spiro atoms. The van der Waals surface area contributed by atoms with Crippen LogP contribution >= 0.6 is 11.9 Å². The average molecular weight is 369 g/mol. The van der Waals surface area contributed by atoms with Gasteiger partial charge in [0.25, 0.3) is 0 Å². The van der Waals surface area contributed by atoms with Gasteiger partial charge >= 0.3 is 6.09 Å². The number of carbonyl (C=O) groups excluding carboxylic acids is 1. The Balaban J connectivity index is 1.87. The molecule has 1 atom stereocenters. The van der Waals surface area contributed by atoms with E-state index in [-0.39, 0.29) is 11.6 Å². The highest BCUT2D eigenvalue weighted by Crippen LogP contribution is 2.36. The molecule has 142 valence electrons. The minimum atomic E-state index is -0.457. The van der Waals surface area contributed by atoms with Crippen LogP contribution in [0.4, 0.5) is 4.79 Å². The molecule has 1 amide bonds. The predicted octanol–water partition coefficient (Wildman–Crippen LogP) is 3.97. The maximum atomic E-state index is 12.5. The standard InChI is InChI=1S/C18H32N4O2S/c1-13-10-15(25-19)20-22(13)9-7-8-14-11-18(5,6)21(12-14)16(23)24-17(2,3)4/h10,14H,7-9,11-12,19H2,1-6H3. The van der Waals surface area contributed by atoms with Crippen LogP contribution in [0.2, 0.25) is 0 Å². The highest BCUT2D eigenvalue weighted by Gasteiger charge is 2.42. The Bertz CT molecular complexity index is 607. The Morgan fingerprint density at radius 2 is 2.16 bits per heavy atom. The number of ether oxygens (including phenoxy) is 1. The van der Waals surface area contributed by atoms with E-state index >= 15 is 0 Å². The van der Waals surface area contributed by atoms with Crippen LogP contribution in [0.1, 0.15) is 59.6 Å². The molecule has 0 bridgehead atoms. The molecule has 2 N–H and O–H groups in total. The van der Waals surface area contributed by atoms with Crippen molar-refractivity contribution in [3.05, 3.63) is 11.8 Å². The minimum absolute atomic E-state index is 0.155. The zero-order valence-electron chi connectivity index (χ0n) is 16.3. The van der Waals surface area contributed by atoms with E-state index in [0.717, 1.165) is 43.1 Å². The first-order valence-electron chi connectivity index (χ1n) is 8.93. The summed E-state index contributed by atoms with van der Waals surface area (Å²) in [6, 6.07) is 2.01. The number of amides is 1. The summed E-state index contributed by atoms with van der Waals surface area (Å²) in [6.07, 6.45) is 2.93. The second-order valence-electron chi connectivity index (χ2n) is 8.58. The molecule has 1 unspecified atom stereocenters. The molecular weight excluding hydrogens is 336 g/mol. The summed E-state index contributed by atoms with van der Waals surface area (Å²) in [4.78, 5) is 14.4. The fourth-order valence-electron chi connectivity index (χ4n) is 3.51. The van der Waals surface area contributed by atoms with Crippen LogP contribution in [0.5, 0.6) is 0 Å². The van der Waals surface area contributed by atoms with E-state index in [1.54, 1.807) is 0 Å². The summed E-state index contributed by atoms with van der Waals surface area (Å²) in [6.45, 7) is 13.7. The first-order valence-corrected chi connectivity index (χ1v) is 9.81. The van der Waals surface area contributed by atoms with Crippen LogP contribution in [-0.4, -0.2) is 38.5 Å². The summed E-state index contributed by atoms with van der Waals surface area (Å²) in [5.74, 6) is 0.502. The fourth-order valence-corrected chi connectivity index (χ4v) is 3.90. The van der Waals surface area contributed by atoms with Gasteiger partial charge in [-0.15, -0.1) is 0 Å². The summed E-state index contributed by atoms with van der Waals surface area (Å²) in [7, 11) is 0. The van der Waals surface area contributed by atoms with Crippen LogP contribution in [0.25, 0.3) is 0 Å². The average Bonchev–Trinajstić information content (AvgIpc) is 2.97. The number of aromatic nitrogens is 2. The van der Waals surface area contributed by atoms with Gasteiger partial charge in [-0.25, -0.2) is 4.79 Å². The van der Waals surface area contributed by atoms with E-state index in [9.17, 15) is 4.79 Å². The van der Waals surface area contributed by atoms with Crippen molar-refractivity contribution >= 4 is 18.0 Å². The van der Waals surface area contributed by atoms with Crippen molar-refractivity contribution in [1.82, 2.24) is 14.7 Å². The van der Waals surface area contributed by atoms with Crippen LogP contribution in [0.3, 0.4) is 0 Å². The number of aryl methyl sites for hydroxylation is 2. The molecule has 1 aliphatic rings. The summed E-state index contributed by atoms with van der Waals surface area (Å²) in [5, 5.41) is 10.9. The van der Waals surface area contributed by atoms with Crippen molar-refractivity contribution < 1.29 is 9.53 Å². The van der Waals surface area contributed by atoms with Crippen LogP contribution in [0.15, 0.2) is 11.1 Å². The number of nitrogens with zero attached hydrogens (tertiary/aromatic N) is 3. The molecule has 0 aromatic carbocycles. The highest BCUT2D eigenvalue weighted by atomic mass is 32.2. The van der Waals surface area contributed by atoms with Gasteiger partial charge in [0.2, 0.25) is 0 Å². The Morgan fingerprint density at radius 1 is 1.48 bits per heavy atom. The van der Waals surface area contributed by atoms with Crippen LogP contribution < -0.4 is 5.14 Å². The molecule has 1 saturated heterocycles. The maximum absolute atomic E-state index is 12.5. The lowest BCUT2D eigenvalue weighted by Gasteiger charge is -2.33. The molecule has 0 saturated carbocycles. The second-order valence-corrected chi connectivity index (χ2v) is 9.23. The topological polar surface area (TPSA) is 73.4 Å². The first-order chi connectivity index (χ1) is 11.5. The third kappa shape index (κ3) is 5.38. The van der Waals surface area contributed by atoms with E-state index in [1.165, 1.54) is 11.9 Å². The van der Waals surface area contributed by atoms with Crippen molar-refractivity contribution in [2.45, 2.75) is 83.5 Å². The maximum Gasteiger partial charge on any atom is 0.410 e. The molecule has 1 aromatic heterocycles. The lowest BCUT2D eigenvalue weighted by atomic mass is 9.93. The van der Waals surface area contributed by atoms with Gasteiger partial charge in [0.1, 0.15) is 10.6 Å². The van der Waals surface area contributed by atoms with Gasteiger partial charge in [0, 0.05) is 24.3 Å². The molecule has 1 aliphatic heterocycles. The Hall–Kier alpha value is -1.21. The van der Waals surface area contributed by atoms with Gasteiger partial charge in [-0.1, -0.05) is 0 Å². The zero-order valence-corrected chi connectivity index (χ0v) is 17.2. The number of rotatable bonds is 5. The second kappa shape index (κ2) is 7.58. The van der Waals surface area contributed by atoms with Crippen molar-refractivity contribution in [3.63, 3.8) is 0 Å². The number of hydrogen-bond acceptors (Lipinski definition) is 5. The lowest BCUT2D eigenvalue weighted by molar-refractivity contribution is 0.0131. The fraction of sp³-hybridized carbons (Fsp3) is 0.778. The Morgan fingerprint density at radius 3 is 2.72 bits per heavy atom. The van der Waals surface area contributed by atoms with Gasteiger partial charge < -0.3 is 9.64 Å². The van der Waals surface area contributed by atoms with Crippen molar-refractivity contribution in [1.29, 1.82) is 0 Å². The third-order valence-electron chi connectivity index (χ3n) is 4.64. The molecule has 2 heterocycles. The van der Waals surface area contributed by atoms with Crippen LogP contribution in [-0.2, 0) is 11.3 Å². The predicted molar refractivity (Wildman–Crippen MR) is 101 cm³/mol. The largest absolute Gasteiger partial charge is 0.444 e. The van der Waals surface area contributed by atoms with Gasteiger partial charge in [-0.2, -0.15) is 5.10 Å². The smallest absolute Gasteiger partial charge is 0.410 e. The molecule has 1 aromatic rings. The number of hydrogen-bond donors (Lipinski definition) is 1. The number of carbonyl (C=O) groups is 1. The zero-order chi connectivity index (χ0) is 18.8. The van der Waals surface area contributed by atoms with Gasteiger partial charge in [-0.3, -0.25) is 9.82 Å². The third-order valence-corrected chi connectivity index (χ3v) is 5.08. The quantitative estimate of drug-likeness (QED) is 0.796. The van der Waals surface area contributed by atoms with Crippen LogP contribution in [0, 0.1) is 12.8 Å². The SMILES string of the molecule is Cc1cc(SN)nn1CCCC1CN(C(=O)OC(C)(C)C)C(C)(C)C1. The van der Waals surface area contributed by atoms with E-state index in [2.05, 4.69) is 25.9 Å². The normalized spacial score (nSPS) is 20.1. The Kier molecular flexibility index (Phi) is 6.09. The monoisotopic (exact) mass is 368 g/mol. The minimum Gasteiger partial charge on any atom is -0.444 e. The van der Waals surface area contributed by atoms with Gasteiger partial charge in [0.05, 0.1) is 0 Å². The molecule has 0 aliphatic carbocycles. The Labute approximate surface area is 155 Å². The molecular formula is C18H32N4O2S. The van der Waals surface area contributed by atoms with Crippen molar-refractivity contribution in [3.8, 4) is 0 Å². The summed E-state index contributed by atoms with van der Waals surface area (Å²) < 4.78 is 7.58. The summed E-state index contributed by atoms with van der Waals surface area (Å²) in [5.41, 5.74) is 0.523. The van der Waals surface area contributed by atoms with Gasteiger partial charge in [-0.05, 0) is 84.7 Å². The molecule has 0 radical (unpaired) electrons. The van der Waals surface area contributed by atoms with Crippen molar-refractivity contribution in [2.24, 2.45) is 11.1 Å². The number of likely N-dealkylation sites (tertiary alicyclic amines) is 1. The van der Waals surface area contributed by atoms with E-state index in [0.29, 0.717) is 5.92 Å². The number of nitrogens with two attached hydrogens (primary N) is 1. The molecule has 2 rings (SSSR count). The molecule has 25 heavy (non-hydrogen) atoms.